The van der Waals surface area contributed by atoms with Gasteiger partial charge in [0.2, 0.25) is 5.91 Å². The topological polar surface area (TPSA) is 20.3 Å². The first kappa shape index (κ1) is 10.8. The lowest BCUT2D eigenvalue weighted by molar-refractivity contribution is -0.126. The van der Waals surface area contributed by atoms with Crippen molar-refractivity contribution < 1.29 is 4.79 Å². The molecule has 1 aliphatic rings. The second kappa shape index (κ2) is 6.18. The summed E-state index contributed by atoms with van der Waals surface area (Å²) in [6.07, 6.45) is 8.87. The SMILES string of the molecule is O=C(/C=C/C=C/I)N1CCCCC1. The first-order valence-corrected chi connectivity index (χ1v) is 5.81. The molecule has 72 valence electrons. The molecule has 3 heteroatoms. The smallest absolute Gasteiger partial charge is 0.246 e. The Hall–Kier alpha value is -0.320. The van der Waals surface area contributed by atoms with Crippen molar-refractivity contribution in [1.29, 1.82) is 0 Å². The summed E-state index contributed by atoms with van der Waals surface area (Å²) in [7, 11) is 0. The van der Waals surface area contributed by atoms with Crippen LogP contribution in [-0.2, 0) is 4.79 Å². The fraction of sp³-hybridized carbons (Fsp3) is 0.500. The molecule has 1 saturated heterocycles. The number of amides is 1. The van der Waals surface area contributed by atoms with Gasteiger partial charge in [0.05, 0.1) is 0 Å². The fourth-order valence-corrected chi connectivity index (χ4v) is 1.64. The molecule has 0 aromatic heterocycles. The summed E-state index contributed by atoms with van der Waals surface area (Å²) in [6, 6.07) is 0. The zero-order valence-electron chi connectivity index (χ0n) is 7.58. The van der Waals surface area contributed by atoms with Crippen LogP contribution >= 0.6 is 22.6 Å². The van der Waals surface area contributed by atoms with Gasteiger partial charge in [0.25, 0.3) is 0 Å². The molecule has 13 heavy (non-hydrogen) atoms. The number of halogens is 1. The van der Waals surface area contributed by atoms with Gasteiger partial charge in [0, 0.05) is 19.2 Å². The van der Waals surface area contributed by atoms with E-state index in [0.717, 1.165) is 25.9 Å². The van der Waals surface area contributed by atoms with E-state index in [-0.39, 0.29) is 5.91 Å². The van der Waals surface area contributed by atoms with Crippen molar-refractivity contribution in [3.63, 3.8) is 0 Å². The third-order valence-electron chi connectivity index (χ3n) is 2.09. The molecule has 0 bridgehead atoms. The summed E-state index contributed by atoms with van der Waals surface area (Å²) in [4.78, 5) is 13.4. The van der Waals surface area contributed by atoms with E-state index in [2.05, 4.69) is 22.6 Å². The van der Waals surface area contributed by atoms with Gasteiger partial charge in [0.15, 0.2) is 0 Å². The van der Waals surface area contributed by atoms with Crippen molar-refractivity contribution in [2.45, 2.75) is 19.3 Å². The Balaban J connectivity index is 2.37. The molecule has 0 atom stereocenters. The fourth-order valence-electron chi connectivity index (χ4n) is 1.40. The van der Waals surface area contributed by atoms with Crippen LogP contribution in [0.3, 0.4) is 0 Å². The maximum atomic E-state index is 11.5. The number of piperidine rings is 1. The number of rotatable bonds is 2. The van der Waals surface area contributed by atoms with Gasteiger partial charge in [-0.25, -0.2) is 0 Å². The Kier molecular flexibility index (Phi) is 5.12. The lowest BCUT2D eigenvalue weighted by Crippen LogP contribution is -2.34. The summed E-state index contributed by atoms with van der Waals surface area (Å²) in [6.45, 7) is 1.86. The van der Waals surface area contributed by atoms with E-state index >= 15 is 0 Å². The average Bonchev–Trinajstić information content (AvgIpc) is 2.19. The van der Waals surface area contributed by atoms with Crippen molar-refractivity contribution in [3.05, 3.63) is 22.3 Å². The Morgan fingerprint density at radius 1 is 1.15 bits per heavy atom. The van der Waals surface area contributed by atoms with Gasteiger partial charge in [0.1, 0.15) is 0 Å². The van der Waals surface area contributed by atoms with E-state index in [1.54, 1.807) is 12.2 Å². The molecule has 1 heterocycles. The maximum absolute atomic E-state index is 11.5. The highest BCUT2D eigenvalue weighted by Gasteiger charge is 2.12. The van der Waals surface area contributed by atoms with Gasteiger partial charge in [-0.1, -0.05) is 34.7 Å². The van der Waals surface area contributed by atoms with Crippen LogP contribution in [0.2, 0.25) is 0 Å². The molecule has 0 saturated carbocycles. The minimum atomic E-state index is 0.147. The zero-order valence-corrected chi connectivity index (χ0v) is 9.74. The first-order valence-electron chi connectivity index (χ1n) is 4.57. The van der Waals surface area contributed by atoms with E-state index in [0.29, 0.717) is 0 Å². The molecule has 0 aromatic carbocycles. The summed E-state index contributed by atoms with van der Waals surface area (Å²) in [5, 5.41) is 0. The van der Waals surface area contributed by atoms with Crippen molar-refractivity contribution in [3.8, 4) is 0 Å². The van der Waals surface area contributed by atoms with Crippen LogP contribution in [0.1, 0.15) is 19.3 Å². The Morgan fingerprint density at radius 3 is 2.46 bits per heavy atom. The minimum absolute atomic E-state index is 0.147. The normalized spacial score (nSPS) is 18.7. The predicted octanol–water partition coefficient (Wildman–Crippen LogP) is 2.50. The summed E-state index contributed by atoms with van der Waals surface area (Å²) >= 11 is 2.13. The van der Waals surface area contributed by atoms with Crippen LogP contribution in [0.4, 0.5) is 0 Å². The van der Waals surface area contributed by atoms with E-state index in [4.69, 9.17) is 0 Å². The molecule has 1 amide bonds. The number of hydrogen-bond donors (Lipinski definition) is 0. The summed E-state index contributed by atoms with van der Waals surface area (Å²) in [5.41, 5.74) is 0. The predicted molar refractivity (Wildman–Crippen MR) is 62.7 cm³/mol. The second-order valence-corrected chi connectivity index (χ2v) is 3.78. The van der Waals surface area contributed by atoms with Gasteiger partial charge in [-0.15, -0.1) is 0 Å². The number of nitrogens with zero attached hydrogens (tertiary/aromatic N) is 1. The van der Waals surface area contributed by atoms with Gasteiger partial charge in [-0.2, -0.15) is 0 Å². The largest absolute Gasteiger partial charge is 0.339 e. The maximum Gasteiger partial charge on any atom is 0.246 e. The van der Waals surface area contributed by atoms with Gasteiger partial charge in [-0.05, 0) is 23.3 Å². The van der Waals surface area contributed by atoms with E-state index in [9.17, 15) is 4.79 Å². The first-order chi connectivity index (χ1) is 6.34. The number of allylic oxidation sites excluding steroid dienone is 2. The van der Waals surface area contributed by atoms with Crippen molar-refractivity contribution in [1.82, 2.24) is 4.90 Å². The highest BCUT2D eigenvalue weighted by molar-refractivity contribution is 14.1. The lowest BCUT2D eigenvalue weighted by atomic mass is 10.1. The van der Waals surface area contributed by atoms with E-state index in [1.165, 1.54) is 6.42 Å². The Bertz CT molecular complexity index is 217. The van der Waals surface area contributed by atoms with Gasteiger partial charge in [-0.3, -0.25) is 4.79 Å². The highest BCUT2D eigenvalue weighted by atomic mass is 127. The lowest BCUT2D eigenvalue weighted by Gasteiger charge is -2.25. The van der Waals surface area contributed by atoms with Crippen molar-refractivity contribution in [2.24, 2.45) is 0 Å². The van der Waals surface area contributed by atoms with Crippen LogP contribution in [0.15, 0.2) is 22.3 Å². The molecule has 1 aliphatic heterocycles. The third-order valence-corrected chi connectivity index (χ3v) is 2.51. The van der Waals surface area contributed by atoms with Crippen LogP contribution in [-0.4, -0.2) is 23.9 Å². The zero-order chi connectivity index (χ0) is 9.52. The Morgan fingerprint density at radius 2 is 1.85 bits per heavy atom. The molecule has 1 rings (SSSR count). The molecule has 0 radical (unpaired) electrons. The Labute approximate surface area is 92.8 Å². The minimum Gasteiger partial charge on any atom is -0.339 e. The van der Waals surface area contributed by atoms with Crippen LogP contribution in [0.25, 0.3) is 0 Å². The molecule has 0 aliphatic carbocycles. The average molecular weight is 291 g/mol. The molecule has 0 aromatic rings. The van der Waals surface area contributed by atoms with E-state index in [1.807, 2.05) is 15.1 Å². The van der Waals surface area contributed by atoms with Crippen LogP contribution in [0.5, 0.6) is 0 Å². The van der Waals surface area contributed by atoms with Crippen molar-refractivity contribution in [2.75, 3.05) is 13.1 Å². The molecule has 1 fully saturated rings. The van der Waals surface area contributed by atoms with Crippen molar-refractivity contribution >= 4 is 28.5 Å². The quantitative estimate of drug-likeness (QED) is 0.435. The third kappa shape index (κ3) is 3.93. The van der Waals surface area contributed by atoms with Crippen LogP contribution in [0, 0.1) is 0 Å². The standard InChI is InChI=1S/C10H14INO/c11-7-3-2-6-10(13)12-8-4-1-5-9-12/h2-3,6-7H,1,4-5,8-9H2/b6-2+,7-3+. The highest BCUT2D eigenvalue weighted by Crippen LogP contribution is 2.08. The molecular formula is C10H14INO. The monoisotopic (exact) mass is 291 g/mol. The van der Waals surface area contributed by atoms with E-state index < -0.39 is 0 Å². The molecule has 2 nitrogen and oxygen atoms in total. The van der Waals surface area contributed by atoms with Gasteiger partial charge < -0.3 is 4.90 Å². The molecule has 0 spiro atoms. The summed E-state index contributed by atoms with van der Waals surface area (Å²) in [5.74, 6) is 0.147. The van der Waals surface area contributed by atoms with Crippen LogP contribution < -0.4 is 0 Å². The molecule has 0 N–H and O–H groups in total. The molecule has 0 unspecified atom stereocenters. The number of hydrogen-bond acceptors (Lipinski definition) is 1. The summed E-state index contributed by atoms with van der Waals surface area (Å²) < 4.78 is 1.89. The number of carbonyl (C=O) groups excluding carboxylic acids is 1. The second-order valence-electron chi connectivity index (χ2n) is 3.06. The number of carbonyl (C=O) groups is 1. The molecular weight excluding hydrogens is 277 g/mol. The number of likely N-dealkylation sites (tertiary alicyclic amines) is 1. The van der Waals surface area contributed by atoms with Gasteiger partial charge >= 0.3 is 0 Å².